The third-order valence-corrected chi connectivity index (χ3v) is 5.64. The quantitative estimate of drug-likeness (QED) is 0.725. The second-order valence-electron chi connectivity index (χ2n) is 7.51. The Morgan fingerprint density at radius 2 is 1.71 bits per heavy atom. The minimum absolute atomic E-state index is 0.345. The van der Waals surface area contributed by atoms with E-state index in [0.717, 1.165) is 57.9 Å². The molecule has 1 atom stereocenters. The molecule has 5 nitrogen and oxygen atoms in total. The predicted octanol–water partition coefficient (Wildman–Crippen LogP) is 0.752. The lowest BCUT2D eigenvalue weighted by atomic mass is 9.91. The molecule has 3 aliphatic carbocycles. The zero-order valence-electron chi connectivity index (χ0n) is 12.8. The smallest absolute Gasteiger partial charge is 0.325 e. The van der Waals surface area contributed by atoms with Crippen molar-refractivity contribution < 1.29 is 9.90 Å². The van der Waals surface area contributed by atoms with E-state index in [1.165, 1.54) is 12.8 Å². The summed E-state index contributed by atoms with van der Waals surface area (Å²) in [5.74, 6) is -0.279. The molecule has 4 fully saturated rings. The van der Waals surface area contributed by atoms with Crippen LogP contribution in [0, 0.1) is 5.92 Å². The van der Waals surface area contributed by atoms with Gasteiger partial charge in [0.2, 0.25) is 0 Å². The van der Waals surface area contributed by atoms with Crippen LogP contribution in [0.3, 0.4) is 0 Å². The molecule has 118 valence electrons. The van der Waals surface area contributed by atoms with E-state index in [9.17, 15) is 9.90 Å². The maximum atomic E-state index is 12.0. The first-order valence-electron chi connectivity index (χ1n) is 8.65. The summed E-state index contributed by atoms with van der Waals surface area (Å²) in [4.78, 5) is 17.0. The third kappa shape index (κ3) is 2.96. The molecule has 4 rings (SSSR count). The Bertz CT molecular complexity index is 410. The topological polar surface area (TPSA) is 55.8 Å². The van der Waals surface area contributed by atoms with Gasteiger partial charge in [0.05, 0.1) is 0 Å². The van der Waals surface area contributed by atoms with Crippen LogP contribution in [-0.4, -0.2) is 71.2 Å². The fraction of sp³-hybridized carbons (Fsp3) is 0.938. The molecule has 1 heterocycles. The van der Waals surface area contributed by atoms with Gasteiger partial charge in [-0.05, 0) is 44.4 Å². The van der Waals surface area contributed by atoms with E-state index in [2.05, 4.69) is 15.1 Å². The number of carbonyl (C=O) groups is 1. The lowest BCUT2D eigenvalue weighted by Gasteiger charge is -2.41. The van der Waals surface area contributed by atoms with Crippen LogP contribution in [-0.2, 0) is 4.79 Å². The molecule has 0 aromatic rings. The molecule has 3 saturated carbocycles. The molecular formula is C16H27N3O2. The summed E-state index contributed by atoms with van der Waals surface area (Å²) in [6.07, 6.45) is 7.19. The van der Waals surface area contributed by atoms with E-state index in [-0.39, 0.29) is 0 Å². The largest absolute Gasteiger partial charge is 0.480 e. The molecule has 21 heavy (non-hydrogen) atoms. The van der Waals surface area contributed by atoms with Crippen LogP contribution < -0.4 is 5.32 Å². The van der Waals surface area contributed by atoms with Crippen LogP contribution in [0.15, 0.2) is 0 Å². The molecule has 1 aliphatic heterocycles. The normalized spacial score (nSPS) is 31.0. The van der Waals surface area contributed by atoms with Gasteiger partial charge >= 0.3 is 5.97 Å². The fourth-order valence-corrected chi connectivity index (χ4v) is 3.84. The van der Waals surface area contributed by atoms with Crippen LogP contribution in [0.1, 0.15) is 38.5 Å². The summed E-state index contributed by atoms with van der Waals surface area (Å²) >= 11 is 0. The van der Waals surface area contributed by atoms with Gasteiger partial charge in [0.15, 0.2) is 0 Å². The van der Waals surface area contributed by atoms with Crippen LogP contribution in [0.5, 0.6) is 0 Å². The molecule has 0 amide bonds. The van der Waals surface area contributed by atoms with E-state index >= 15 is 0 Å². The first kappa shape index (κ1) is 14.0. The standard InChI is InChI=1S/C16H27N3O2/c20-15(21)16(12-1-2-12,17-13-3-4-13)11-18-7-9-19(10-8-18)14-5-6-14/h12-14,17H,1-11H2,(H,20,21). The summed E-state index contributed by atoms with van der Waals surface area (Å²) in [7, 11) is 0. The molecule has 4 aliphatic rings. The zero-order chi connectivity index (χ0) is 14.4. The molecule has 0 aromatic heterocycles. The van der Waals surface area contributed by atoms with Gasteiger partial charge in [-0.3, -0.25) is 19.9 Å². The number of carboxylic acid groups (broad SMARTS) is 1. The Labute approximate surface area is 126 Å². The molecule has 0 bridgehead atoms. The number of rotatable bonds is 7. The van der Waals surface area contributed by atoms with Gasteiger partial charge in [0, 0.05) is 44.8 Å². The molecule has 0 radical (unpaired) electrons. The summed E-state index contributed by atoms with van der Waals surface area (Å²) in [6, 6.07) is 1.29. The van der Waals surface area contributed by atoms with E-state index in [0.29, 0.717) is 18.5 Å². The Kier molecular flexibility index (Phi) is 3.47. The average molecular weight is 293 g/mol. The first-order valence-corrected chi connectivity index (χ1v) is 8.65. The minimum atomic E-state index is -0.678. The Balaban J connectivity index is 1.40. The maximum absolute atomic E-state index is 12.0. The second kappa shape index (κ2) is 5.21. The van der Waals surface area contributed by atoms with Crippen molar-refractivity contribution in [1.29, 1.82) is 0 Å². The lowest BCUT2D eigenvalue weighted by Crippen LogP contribution is -2.63. The fourth-order valence-electron chi connectivity index (χ4n) is 3.84. The first-order chi connectivity index (χ1) is 10.2. The molecule has 1 unspecified atom stereocenters. The van der Waals surface area contributed by atoms with Gasteiger partial charge in [-0.15, -0.1) is 0 Å². The van der Waals surface area contributed by atoms with Gasteiger partial charge in [-0.1, -0.05) is 0 Å². The highest BCUT2D eigenvalue weighted by molar-refractivity contribution is 5.80. The van der Waals surface area contributed by atoms with Gasteiger partial charge in [0.25, 0.3) is 0 Å². The maximum Gasteiger partial charge on any atom is 0.325 e. The highest BCUT2D eigenvalue weighted by Crippen LogP contribution is 2.42. The van der Waals surface area contributed by atoms with Crippen LogP contribution in [0.25, 0.3) is 0 Å². The Morgan fingerprint density at radius 1 is 1.05 bits per heavy atom. The molecule has 1 saturated heterocycles. The zero-order valence-corrected chi connectivity index (χ0v) is 12.8. The van der Waals surface area contributed by atoms with Gasteiger partial charge in [-0.2, -0.15) is 0 Å². The SMILES string of the molecule is O=C(O)C(CN1CCN(C2CC2)CC1)(NC1CC1)C1CC1. The monoisotopic (exact) mass is 293 g/mol. The van der Waals surface area contributed by atoms with Crippen molar-refractivity contribution in [2.24, 2.45) is 5.92 Å². The molecule has 5 heteroatoms. The number of hydrogen-bond donors (Lipinski definition) is 2. The van der Waals surface area contributed by atoms with Crippen molar-refractivity contribution in [3.63, 3.8) is 0 Å². The summed E-state index contributed by atoms with van der Waals surface area (Å²) in [6.45, 7) is 5.00. The van der Waals surface area contributed by atoms with Crippen molar-refractivity contribution in [2.75, 3.05) is 32.7 Å². The van der Waals surface area contributed by atoms with Gasteiger partial charge in [0.1, 0.15) is 5.54 Å². The van der Waals surface area contributed by atoms with Crippen LogP contribution >= 0.6 is 0 Å². The van der Waals surface area contributed by atoms with Crippen molar-refractivity contribution in [3.8, 4) is 0 Å². The Hall–Kier alpha value is -0.650. The predicted molar refractivity (Wildman–Crippen MR) is 80.3 cm³/mol. The van der Waals surface area contributed by atoms with E-state index in [1.807, 2.05) is 0 Å². The van der Waals surface area contributed by atoms with Crippen LogP contribution in [0.2, 0.25) is 0 Å². The van der Waals surface area contributed by atoms with E-state index in [1.54, 1.807) is 0 Å². The summed E-state index contributed by atoms with van der Waals surface area (Å²) < 4.78 is 0. The van der Waals surface area contributed by atoms with E-state index in [4.69, 9.17) is 0 Å². The lowest BCUT2D eigenvalue weighted by molar-refractivity contribution is -0.147. The number of carboxylic acids is 1. The van der Waals surface area contributed by atoms with E-state index < -0.39 is 11.5 Å². The highest BCUT2D eigenvalue weighted by atomic mass is 16.4. The minimum Gasteiger partial charge on any atom is -0.480 e. The van der Waals surface area contributed by atoms with Gasteiger partial charge < -0.3 is 5.11 Å². The number of nitrogens with one attached hydrogen (secondary N) is 1. The molecule has 0 spiro atoms. The number of aliphatic carboxylic acids is 1. The number of hydrogen-bond acceptors (Lipinski definition) is 4. The van der Waals surface area contributed by atoms with Crippen molar-refractivity contribution in [2.45, 2.75) is 56.1 Å². The molecule has 2 N–H and O–H groups in total. The van der Waals surface area contributed by atoms with Crippen LogP contribution in [0.4, 0.5) is 0 Å². The van der Waals surface area contributed by atoms with Gasteiger partial charge in [-0.25, -0.2) is 0 Å². The number of nitrogens with zero attached hydrogens (tertiary/aromatic N) is 2. The summed E-state index contributed by atoms with van der Waals surface area (Å²) in [5.41, 5.74) is -0.678. The Morgan fingerprint density at radius 3 is 2.19 bits per heavy atom. The average Bonchev–Trinajstić information content (AvgIpc) is 3.31. The molecule has 0 aromatic carbocycles. The summed E-state index contributed by atoms with van der Waals surface area (Å²) in [5, 5.41) is 13.4. The number of piperazine rings is 1. The second-order valence-corrected chi connectivity index (χ2v) is 7.51. The van der Waals surface area contributed by atoms with Crippen molar-refractivity contribution in [1.82, 2.24) is 15.1 Å². The highest BCUT2D eigenvalue weighted by Gasteiger charge is 2.54. The van der Waals surface area contributed by atoms with Crippen molar-refractivity contribution in [3.05, 3.63) is 0 Å². The molecular weight excluding hydrogens is 266 g/mol. The van der Waals surface area contributed by atoms with Crippen molar-refractivity contribution >= 4 is 5.97 Å². The third-order valence-electron chi connectivity index (χ3n) is 5.64.